The van der Waals surface area contributed by atoms with Gasteiger partial charge in [-0.2, -0.15) is 0 Å². The van der Waals surface area contributed by atoms with Gasteiger partial charge in [-0.3, -0.25) is 4.90 Å². The van der Waals surface area contributed by atoms with Gasteiger partial charge in [0, 0.05) is 17.9 Å². The fraction of sp³-hybridized carbons (Fsp3) is 1.00. The molecule has 2 atom stereocenters. The van der Waals surface area contributed by atoms with Crippen LogP contribution in [0.3, 0.4) is 0 Å². The van der Waals surface area contributed by atoms with Crippen LogP contribution < -0.4 is 0 Å². The van der Waals surface area contributed by atoms with E-state index >= 15 is 0 Å². The SMILES string of the molecule is CCCCCN1C[C@@H]1CBr. The maximum Gasteiger partial charge on any atom is 0.0320 e. The summed E-state index contributed by atoms with van der Waals surface area (Å²) in [6, 6.07) is 0.872. The zero-order valence-corrected chi connectivity index (χ0v) is 8.23. The minimum atomic E-state index is 0.872. The highest BCUT2D eigenvalue weighted by atomic mass is 79.9. The Morgan fingerprint density at radius 1 is 1.50 bits per heavy atom. The lowest BCUT2D eigenvalue weighted by Crippen LogP contribution is -2.04. The maximum absolute atomic E-state index is 3.48. The molecule has 0 aliphatic carbocycles. The van der Waals surface area contributed by atoms with Gasteiger partial charge < -0.3 is 0 Å². The van der Waals surface area contributed by atoms with Crippen molar-refractivity contribution in [1.29, 1.82) is 0 Å². The zero-order chi connectivity index (χ0) is 7.40. The lowest BCUT2D eigenvalue weighted by Gasteiger charge is -1.99. The van der Waals surface area contributed by atoms with Gasteiger partial charge in [0.05, 0.1) is 0 Å². The summed E-state index contributed by atoms with van der Waals surface area (Å²) in [6.45, 7) is 4.91. The summed E-state index contributed by atoms with van der Waals surface area (Å²) in [4.78, 5) is 2.53. The van der Waals surface area contributed by atoms with E-state index in [1.54, 1.807) is 0 Å². The van der Waals surface area contributed by atoms with Crippen LogP contribution in [0.15, 0.2) is 0 Å². The predicted octanol–water partition coefficient (Wildman–Crippen LogP) is 2.26. The standard InChI is InChI=1S/C8H16BrN/c1-2-3-4-5-10-7-8(10)6-9/h8H,2-7H2,1H3/t8-,10?/m0/s1. The van der Waals surface area contributed by atoms with Crippen LogP contribution in [0.4, 0.5) is 0 Å². The van der Waals surface area contributed by atoms with E-state index in [0.717, 1.165) is 6.04 Å². The van der Waals surface area contributed by atoms with Crippen LogP contribution in [0.5, 0.6) is 0 Å². The first-order chi connectivity index (χ1) is 4.88. The number of unbranched alkanes of at least 4 members (excludes halogenated alkanes) is 2. The van der Waals surface area contributed by atoms with E-state index in [1.165, 1.54) is 37.7 Å². The number of hydrogen-bond acceptors (Lipinski definition) is 1. The molecule has 2 heteroatoms. The fourth-order valence-corrected chi connectivity index (χ4v) is 1.82. The van der Waals surface area contributed by atoms with Crippen molar-refractivity contribution in [3.05, 3.63) is 0 Å². The Morgan fingerprint density at radius 3 is 2.80 bits per heavy atom. The van der Waals surface area contributed by atoms with Crippen molar-refractivity contribution in [2.24, 2.45) is 0 Å². The fourth-order valence-electron chi connectivity index (χ4n) is 1.21. The molecule has 1 aliphatic heterocycles. The molecule has 0 bridgehead atoms. The molecule has 0 aromatic rings. The average Bonchev–Trinajstić information content (AvgIpc) is 2.68. The molecule has 0 amide bonds. The van der Waals surface area contributed by atoms with E-state index in [1.807, 2.05) is 0 Å². The number of halogens is 1. The van der Waals surface area contributed by atoms with E-state index < -0.39 is 0 Å². The zero-order valence-electron chi connectivity index (χ0n) is 6.65. The first-order valence-electron chi connectivity index (χ1n) is 4.18. The van der Waals surface area contributed by atoms with Crippen molar-refractivity contribution in [3.8, 4) is 0 Å². The summed E-state index contributed by atoms with van der Waals surface area (Å²) in [5.74, 6) is 0. The van der Waals surface area contributed by atoms with E-state index in [9.17, 15) is 0 Å². The van der Waals surface area contributed by atoms with Gasteiger partial charge >= 0.3 is 0 Å². The van der Waals surface area contributed by atoms with Gasteiger partial charge in [-0.15, -0.1) is 0 Å². The van der Waals surface area contributed by atoms with Gasteiger partial charge in [0.2, 0.25) is 0 Å². The molecule has 1 saturated heterocycles. The normalized spacial score (nSPS) is 30.6. The van der Waals surface area contributed by atoms with Crippen LogP contribution in [-0.2, 0) is 0 Å². The van der Waals surface area contributed by atoms with Crippen molar-refractivity contribution in [2.75, 3.05) is 18.4 Å². The molecule has 0 aromatic heterocycles. The van der Waals surface area contributed by atoms with Crippen LogP contribution in [-0.4, -0.2) is 29.4 Å². The second-order valence-electron chi connectivity index (χ2n) is 3.01. The van der Waals surface area contributed by atoms with Gasteiger partial charge in [0.1, 0.15) is 0 Å². The summed E-state index contributed by atoms with van der Waals surface area (Å²) in [6.07, 6.45) is 4.12. The van der Waals surface area contributed by atoms with Crippen LogP contribution in [0.1, 0.15) is 26.2 Å². The third-order valence-corrected chi connectivity index (χ3v) is 2.80. The van der Waals surface area contributed by atoms with Crippen LogP contribution in [0.2, 0.25) is 0 Å². The van der Waals surface area contributed by atoms with Crippen LogP contribution in [0, 0.1) is 0 Å². The average molecular weight is 206 g/mol. The van der Waals surface area contributed by atoms with Crippen molar-refractivity contribution in [2.45, 2.75) is 32.2 Å². The molecule has 0 N–H and O–H groups in total. The number of rotatable bonds is 5. The largest absolute Gasteiger partial charge is 0.297 e. The molecular formula is C8H16BrN. The minimum Gasteiger partial charge on any atom is -0.297 e. The lowest BCUT2D eigenvalue weighted by atomic mass is 10.2. The van der Waals surface area contributed by atoms with Gasteiger partial charge in [-0.25, -0.2) is 0 Å². The molecule has 0 saturated carbocycles. The second-order valence-corrected chi connectivity index (χ2v) is 3.66. The topological polar surface area (TPSA) is 3.01 Å². The van der Waals surface area contributed by atoms with Gasteiger partial charge in [0.15, 0.2) is 0 Å². The molecule has 1 nitrogen and oxygen atoms in total. The van der Waals surface area contributed by atoms with E-state index in [0.29, 0.717) is 0 Å². The van der Waals surface area contributed by atoms with Gasteiger partial charge in [-0.1, -0.05) is 35.7 Å². The summed E-state index contributed by atoms with van der Waals surface area (Å²) >= 11 is 3.48. The Bertz CT molecular complexity index is 95.3. The smallest absolute Gasteiger partial charge is 0.0320 e. The Morgan fingerprint density at radius 2 is 2.30 bits per heavy atom. The first-order valence-corrected chi connectivity index (χ1v) is 5.30. The van der Waals surface area contributed by atoms with Crippen molar-refractivity contribution < 1.29 is 0 Å². The molecule has 0 aromatic carbocycles. The summed E-state index contributed by atoms with van der Waals surface area (Å²) in [5.41, 5.74) is 0. The summed E-state index contributed by atoms with van der Waals surface area (Å²) in [5, 5.41) is 1.17. The van der Waals surface area contributed by atoms with E-state index in [4.69, 9.17) is 0 Å². The third kappa shape index (κ3) is 2.59. The quantitative estimate of drug-likeness (QED) is 0.378. The Balaban J connectivity index is 1.87. The first kappa shape index (κ1) is 8.54. The highest BCUT2D eigenvalue weighted by Gasteiger charge is 2.31. The summed E-state index contributed by atoms with van der Waals surface area (Å²) in [7, 11) is 0. The monoisotopic (exact) mass is 205 g/mol. The van der Waals surface area contributed by atoms with Crippen molar-refractivity contribution in [1.82, 2.24) is 4.90 Å². The van der Waals surface area contributed by atoms with E-state index in [2.05, 4.69) is 27.8 Å². The predicted molar refractivity (Wildman–Crippen MR) is 48.7 cm³/mol. The van der Waals surface area contributed by atoms with Crippen molar-refractivity contribution >= 4 is 15.9 Å². The Hall–Kier alpha value is 0.440. The number of nitrogens with zero attached hydrogens (tertiary/aromatic N) is 1. The molecule has 1 fully saturated rings. The highest BCUT2D eigenvalue weighted by Crippen LogP contribution is 2.19. The number of hydrogen-bond donors (Lipinski definition) is 0. The molecule has 10 heavy (non-hydrogen) atoms. The molecule has 1 rings (SSSR count). The van der Waals surface area contributed by atoms with Crippen LogP contribution >= 0.6 is 15.9 Å². The second kappa shape index (κ2) is 4.35. The van der Waals surface area contributed by atoms with E-state index in [-0.39, 0.29) is 0 Å². The maximum atomic E-state index is 3.48. The Kier molecular flexibility index (Phi) is 3.71. The number of alkyl halides is 1. The van der Waals surface area contributed by atoms with Gasteiger partial charge in [-0.05, 0) is 13.0 Å². The Labute approximate surface area is 71.9 Å². The van der Waals surface area contributed by atoms with Crippen molar-refractivity contribution in [3.63, 3.8) is 0 Å². The van der Waals surface area contributed by atoms with Crippen LogP contribution in [0.25, 0.3) is 0 Å². The third-order valence-electron chi connectivity index (χ3n) is 2.06. The highest BCUT2D eigenvalue weighted by molar-refractivity contribution is 9.09. The summed E-state index contributed by atoms with van der Waals surface area (Å²) < 4.78 is 0. The molecular weight excluding hydrogens is 190 g/mol. The minimum absolute atomic E-state index is 0.872. The molecule has 0 spiro atoms. The molecule has 0 radical (unpaired) electrons. The van der Waals surface area contributed by atoms with Gasteiger partial charge in [0.25, 0.3) is 0 Å². The molecule has 1 heterocycles. The molecule has 60 valence electrons. The molecule has 1 aliphatic rings. The lowest BCUT2D eigenvalue weighted by molar-refractivity contribution is 0.489. The molecule has 1 unspecified atom stereocenters.